The fraction of sp³-hybridized carbons (Fsp3) is 0. The zero-order valence-electron chi connectivity index (χ0n) is 5.03. The van der Waals surface area contributed by atoms with Crippen molar-refractivity contribution in [1.82, 2.24) is 0 Å². The van der Waals surface area contributed by atoms with E-state index < -0.39 is 5.97 Å². The minimum absolute atomic E-state index is 0.123. The van der Waals surface area contributed by atoms with E-state index in [0.717, 1.165) is 0 Å². The molecule has 0 saturated heterocycles. The minimum atomic E-state index is -1.14. The van der Waals surface area contributed by atoms with Gasteiger partial charge in [-0.3, -0.25) is 0 Å². The number of hydrogen-bond acceptors (Lipinski definition) is 2. The summed E-state index contributed by atoms with van der Waals surface area (Å²) >= 11 is 0. The van der Waals surface area contributed by atoms with Gasteiger partial charge in [0.1, 0.15) is 12.2 Å². The van der Waals surface area contributed by atoms with Crippen LogP contribution in [-0.2, 0) is 4.79 Å². The molecule has 0 fully saturated rings. The van der Waals surface area contributed by atoms with Gasteiger partial charge in [0.25, 0.3) is 0 Å². The highest BCUT2D eigenvalue weighted by atomic mass is 16.4. The third-order valence-corrected chi connectivity index (χ3v) is 1.07. The number of aliphatic hydroxyl groups is 1. The molecule has 3 nitrogen and oxygen atoms in total. The molecule has 0 aromatic rings. The summed E-state index contributed by atoms with van der Waals surface area (Å²) in [5.41, 5.74) is 2.42. The van der Waals surface area contributed by atoms with Gasteiger partial charge in [0.05, 0.1) is 6.42 Å². The number of hydrogen-bond donors (Lipinski definition) is 2. The lowest BCUT2D eigenvalue weighted by atomic mass is 10.1. The summed E-state index contributed by atoms with van der Waals surface area (Å²) in [5.74, 6) is -1.37. The molecule has 0 aromatic carbocycles. The van der Waals surface area contributed by atoms with Gasteiger partial charge in [0.15, 0.2) is 0 Å². The normalized spacial score (nSPS) is 15.2. The van der Waals surface area contributed by atoms with E-state index in [1.54, 1.807) is 0 Å². The van der Waals surface area contributed by atoms with Gasteiger partial charge in [0, 0.05) is 5.73 Å². The number of aliphatic hydroxyl groups excluding tert-OH is 1. The van der Waals surface area contributed by atoms with Crippen LogP contribution in [0.1, 0.15) is 0 Å². The van der Waals surface area contributed by atoms with Crippen LogP contribution in [-0.4, -0.2) is 16.2 Å². The van der Waals surface area contributed by atoms with Crippen molar-refractivity contribution in [2.75, 3.05) is 0 Å². The smallest absolute Gasteiger partial charge is 0.398 e. The van der Waals surface area contributed by atoms with Gasteiger partial charge in [-0.15, -0.1) is 0 Å². The van der Waals surface area contributed by atoms with E-state index in [1.165, 1.54) is 18.6 Å². The summed E-state index contributed by atoms with van der Waals surface area (Å²) in [7, 11) is 0. The Bertz CT molecular complexity index is 254. The molecule has 50 valence electrons. The van der Waals surface area contributed by atoms with Gasteiger partial charge in [-0.05, 0) is 0 Å². The number of aliphatic carboxylic acids is 1. The first-order chi connectivity index (χ1) is 4.72. The third-order valence-electron chi connectivity index (χ3n) is 1.07. The van der Waals surface area contributed by atoms with Crippen LogP contribution in [0, 0.1) is 6.42 Å². The summed E-state index contributed by atoms with van der Waals surface area (Å²) in [6, 6.07) is 0. The number of allylic oxidation sites excluding steroid dienone is 1. The first kappa shape index (κ1) is 6.52. The summed E-state index contributed by atoms with van der Waals surface area (Å²) < 4.78 is 0. The molecule has 10 heavy (non-hydrogen) atoms. The minimum Gasteiger partial charge on any atom is -0.487 e. The van der Waals surface area contributed by atoms with Crippen LogP contribution in [0.25, 0.3) is 0 Å². The highest BCUT2D eigenvalue weighted by molar-refractivity contribution is 5.91. The van der Waals surface area contributed by atoms with E-state index in [4.69, 9.17) is 10.2 Å². The molecule has 1 aliphatic rings. The zero-order valence-corrected chi connectivity index (χ0v) is 5.03. The lowest BCUT2D eigenvalue weighted by Gasteiger charge is -1.91. The molecule has 0 radical (unpaired) electrons. The molecule has 0 aliphatic heterocycles. The van der Waals surface area contributed by atoms with Crippen molar-refractivity contribution in [2.45, 2.75) is 0 Å². The summed E-state index contributed by atoms with van der Waals surface area (Å²) in [6.45, 7) is 0. The maximum Gasteiger partial charge on any atom is 0.398 e. The zero-order chi connectivity index (χ0) is 7.56. The maximum absolute atomic E-state index is 10.2. The SMILES string of the molecule is O=C(O)C1=C(O)[CH+]C=C=C1. The van der Waals surface area contributed by atoms with Crippen LogP contribution in [0.15, 0.2) is 29.2 Å². The number of carbonyl (C=O) groups is 1. The fourth-order valence-corrected chi connectivity index (χ4v) is 0.594. The molecule has 0 bridgehead atoms. The lowest BCUT2D eigenvalue weighted by Crippen LogP contribution is -2.03. The largest absolute Gasteiger partial charge is 0.487 e. The molecule has 0 unspecified atom stereocenters. The van der Waals surface area contributed by atoms with E-state index in [0.29, 0.717) is 0 Å². The highest BCUT2D eigenvalue weighted by Crippen LogP contribution is 2.10. The lowest BCUT2D eigenvalue weighted by molar-refractivity contribution is -0.132. The highest BCUT2D eigenvalue weighted by Gasteiger charge is 2.20. The Hall–Kier alpha value is -1.60. The van der Waals surface area contributed by atoms with Crippen molar-refractivity contribution in [3.63, 3.8) is 0 Å². The Kier molecular flexibility index (Phi) is 1.52. The van der Waals surface area contributed by atoms with Crippen LogP contribution in [0.5, 0.6) is 0 Å². The second kappa shape index (κ2) is 2.33. The van der Waals surface area contributed by atoms with Crippen LogP contribution in [0.2, 0.25) is 0 Å². The van der Waals surface area contributed by atoms with Crippen LogP contribution in [0.4, 0.5) is 0 Å². The Labute approximate surface area is 57.6 Å². The maximum atomic E-state index is 10.2. The molecular formula is C7H5O3+. The van der Waals surface area contributed by atoms with Crippen LogP contribution >= 0.6 is 0 Å². The van der Waals surface area contributed by atoms with Crippen LogP contribution < -0.4 is 0 Å². The Morgan fingerprint density at radius 1 is 1.70 bits per heavy atom. The van der Waals surface area contributed by atoms with Crippen LogP contribution in [0.3, 0.4) is 0 Å². The molecule has 0 aromatic heterocycles. The molecule has 0 saturated carbocycles. The molecule has 1 rings (SSSR count). The molecule has 0 amide bonds. The van der Waals surface area contributed by atoms with Gasteiger partial charge >= 0.3 is 5.97 Å². The van der Waals surface area contributed by atoms with Crippen molar-refractivity contribution in [2.24, 2.45) is 0 Å². The van der Waals surface area contributed by atoms with E-state index >= 15 is 0 Å². The van der Waals surface area contributed by atoms with E-state index in [-0.39, 0.29) is 11.3 Å². The second-order valence-corrected chi connectivity index (χ2v) is 1.75. The van der Waals surface area contributed by atoms with Gasteiger partial charge in [-0.1, -0.05) is 0 Å². The van der Waals surface area contributed by atoms with Gasteiger partial charge in [-0.2, -0.15) is 0 Å². The standard InChI is InChI=1S/C7H4O3/c8-6-4-2-1-3-5(6)7(9)10/h2-4H,(H-,8,9,10)/p+1. The molecule has 1 aliphatic carbocycles. The second-order valence-electron chi connectivity index (χ2n) is 1.75. The Balaban J connectivity index is 3.02. The van der Waals surface area contributed by atoms with E-state index in [9.17, 15) is 4.79 Å². The van der Waals surface area contributed by atoms with Crippen molar-refractivity contribution in [3.8, 4) is 0 Å². The fourth-order valence-electron chi connectivity index (χ4n) is 0.594. The monoisotopic (exact) mass is 137 g/mol. The number of carboxylic acid groups (broad SMARTS) is 1. The molecule has 0 atom stereocenters. The van der Waals surface area contributed by atoms with Crippen molar-refractivity contribution in [3.05, 3.63) is 35.6 Å². The van der Waals surface area contributed by atoms with E-state index in [2.05, 4.69) is 5.73 Å². The van der Waals surface area contributed by atoms with E-state index in [1.807, 2.05) is 0 Å². The number of rotatable bonds is 1. The first-order valence-electron chi connectivity index (χ1n) is 2.64. The molecular weight excluding hydrogens is 132 g/mol. The molecule has 3 heteroatoms. The molecule has 0 heterocycles. The summed E-state index contributed by atoms with van der Waals surface area (Å²) in [4.78, 5) is 10.2. The predicted molar refractivity (Wildman–Crippen MR) is 34.2 cm³/mol. The van der Waals surface area contributed by atoms with Gasteiger partial charge in [-0.25, -0.2) is 4.79 Å². The van der Waals surface area contributed by atoms with Crippen molar-refractivity contribution in [1.29, 1.82) is 0 Å². The van der Waals surface area contributed by atoms with Gasteiger partial charge in [0.2, 0.25) is 11.3 Å². The summed E-state index contributed by atoms with van der Waals surface area (Å²) in [5, 5.41) is 17.3. The molecule has 2 N–H and O–H groups in total. The van der Waals surface area contributed by atoms with Crippen molar-refractivity contribution < 1.29 is 15.0 Å². The average Bonchev–Trinajstić information content (AvgIpc) is 1.88. The Morgan fingerprint density at radius 2 is 2.40 bits per heavy atom. The average molecular weight is 137 g/mol. The number of carboxylic acids is 1. The van der Waals surface area contributed by atoms with Crippen molar-refractivity contribution >= 4 is 5.97 Å². The predicted octanol–water partition coefficient (Wildman–Crippen LogP) is 0.812. The summed E-state index contributed by atoms with van der Waals surface area (Å²) in [6.07, 6.45) is 3.95. The first-order valence-corrected chi connectivity index (χ1v) is 2.64. The molecule has 0 spiro atoms. The Morgan fingerprint density at radius 3 is 2.80 bits per heavy atom. The van der Waals surface area contributed by atoms with Gasteiger partial charge < -0.3 is 10.2 Å². The topological polar surface area (TPSA) is 57.5 Å². The quantitative estimate of drug-likeness (QED) is 0.415. The third kappa shape index (κ3) is 1.04.